The Morgan fingerprint density at radius 2 is 1.87 bits per heavy atom. The number of fused-ring (bicyclic) bond motifs is 1. The van der Waals surface area contributed by atoms with E-state index in [1.165, 1.54) is 19.3 Å². The zero-order valence-electron chi connectivity index (χ0n) is 8.89. The molecular formula is C12H18O3. The highest BCUT2D eigenvalue weighted by atomic mass is 16.8. The minimum absolute atomic E-state index is 0.0723. The minimum atomic E-state index is -0.353. The molecule has 0 bridgehead atoms. The lowest BCUT2D eigenvalue weighted by molar-refractivity contribution is -0.191. The summed E-state index contributed by atoms with van der Waals surface area (Å²) < 4.78 is 12.1. The third-order valence-corrected chi connectivity index (χ3v) is 3.70. The molecule has 0 unspecified atom stereocenters. The summed E-state index contributed by atoms with van der Waals surface area (Å²) in [7, 11) is 0. The van der Waals surface area contributed by atoms with Crippen LogP contribution in [-0.2, 0) is 9.47 Å². The van der Waals surface area contributed by atoms with E-state index >= 15 is 0 Å². The van der Waals surface area contributed by atoms with Crippen LogP contribution in [0, 0.1) is 0 Å². The Bertz CT molecular complexity index is 268. The topological polar surface area (TPSA) is 38.7 Å². The molecule has 0 radical (unpaired) electrons. The molecule has 0 aromatic carbocycles. The number of aliphatic hydroxyl groups excluding tert-OH is 1. The molecule has 1 aliphatic heterocycles. The summed E-state index contributed by atoms with van der Waals surface area (Å²) in [5.74, 6) is -0.317. The maximum absolute atomic E-state index is 9.52. The fourth-order valence-electron chi connectivity index (χ4n) is 2.92. The monoisotopic (exact) mass is 210 g/mol. The Morgan fingerprint density at radius 1 is 1.07 bits per heavy atom. The molecule has 0 aromatic rings. The lowest BCUT2D eigenvalue weighted by Gasteiger charge is -2.31. The first-order valence-electron chi connectivity index (χ1n) is 5.99. The summed E-state index contributed by atoms with van der Waals surface area (Å²) >= 11 is 0. The smallest absolute Gasteiger partial charge is 0.169 e. The lowest BCUT2D eigenvalue weighted by Crippen LogP contribution is -2.33. The predicted octanol–water partition coefficient (Wildman–Crippen LogP) is 1.75. The first-order valence-corrected chi connectivity index (χ1v) is 5.99. The van der Waals surface area contributed by atoms with Gasteiger partial charge in [0.2, 0.25) is 0 Å². The zero-order valence-corrected chi connectivity index (χ0v) is 8.89. The molecule has 15 heavy (non-hydrogen) atoms. The quantitative estimate of drug-likeness (QED) is 0.619. The molecule has 0 aromatic heterocycles. The highest BCUT2D eigenvalue weighted by molar-refractivity contribution is 5.08. The molecule has 3 rings (SSSR count). The van der Waals surface area contributed by atoms with Crippen molar-refractivity contribution in [2.45, 2.75) is 62.6 Å². The summed E-state index contributed by atoms with van der Waals surface area (Å²) in [6.45, 7) is 0. The zero-order chi connectivity index (χ0) is 10.3. The molecule has 3 nitrogen and oxygen atoms in total. The summed E-state index contributed by atoms with van der Waals surface area (Å²) in [5, 5.41) is 9.52. The molecule has 1 saturated carbocycles. The fraction of sp³-hybridized carbons (Fsp3) is 0.833. The number of hydrogen-bond acceptors (Lipinski definition) is 3. The number of rotatable bonds is 0. The molecule has 0 amide bonds. The fourth-order valence-corrected chi connectivity index (χ4v) is 2.92. The maximum Gasteiger partial charge on any atom is 0.169 e. The molecule has 3 aliphatic rings. The third kappa shape index (κ3) is 1.73. The van der Waals surface area contributed by atoms with Gasteiger partial charge in [-0.2, -0.15) is 0 Å². The van der Waals surface area contributed by atoms with Gasteiger partial charge in [0.15, 0.2) is 5.79 Å². The second-order valence-corrected chi connectivity index (χ2v) is 4.90. The molecule has 3 heteroatoms. The van der Waals surface area contributed by atoms with E-state index in [0.717, 1.165) is 12.8 Å². The van der Waals surface area contributed by atoms with Crippen LogP contribution < -0.4 is 0 Å². The van der Waals surface area contributed by atoms with Gasteiger partial charge in [-0.3, -0.25) is 0 Å². The van der Waals surface area contributed by atoms with Crippen LogP contribution in [0.2, 0.25) is 0 Å². The first kappa shape index (κ1) is 9.82. The molecule has 3 atom stereocenters. The predicted molar refractivity (Wildman–Crippen MR) is 55.3 cm³/mol. The van der Waals surface area contributed by atoms with E-state index in [9.17, 15) is 5.11 Å². The first-order chi connectivity index (χ1) is 7.27. The van der Waals surface area contributed by atoms with Crippen LogP contribution in [0.5, 0.6) is 0 Å². The van der Waals surface area contributed by atoms with E-state index in [1.807, 2.05) is 12.2 Å². The Kier molecular flexibility index (Phi) is 2.34. The second kappa shape index (κ2) is 3.58. The van der Waals surface area contributed by atoms with Gasteiger partial charge in [-0.05, 0) is 12.8 Å². The van der Waals surface area contributed by atoms with Crippen molar-refractivity contribution >= 4 is 0 Å². The number of hydrogen-bond donors (Lipinski definition) is 1. The summed E-state index contributed by atoms with van der Waals surface area (Å²) in [5.41, 5.74) is 0. The molecule has 1 spiro atoms. The van der Waals surface area contributed by atoms with Gasteiger partial charge in [0.1, 0.15) is 6.10 Å². The average molecular weight is 210 g/mol. The largest absolute Gasteiger partial charge is 0.389 e. The molecule has 1 N–H and O–H groups in total. The van der Waals surface area contributed by atoms with Gasteiger partial charge < -0.3 is 14.6 Å². The van der Waals surface area contributed by atoms with Gasteiger partial charge in [-0.15, -0.1) is 0 Å². The van der Waals surface area contributed by atoms with Crippen molar-refractivity contribution in [2.24, 2.45) is 0 Å². The van der Waals surface area contributed by atoms with Crippen LogP contribution in [-0.4, -0.2) is 29.2 Å². The van der Waals surface area contributed by atoms with Gasteiger partial charge in [-0.25, -0.2) is 0 Å². The Hall–Kier alpha value is -0.380. The molecule has 2 aliphatic carbocycles. The minimum Gasteiger partial charge on any atom is -0.389 e. The Balaban J connectivity index is 1.74. The summed E-state index contributed by atoms with van der Waals surface area (Å²) in [6, 6.07) is 0. The highest BCUT2D eigenvalue weighted by Crippen LogP contribution is 2.42. The van der Waals surface area contributed by atoms with Crippen molar-refractivity contribution in [2.75, 3.05) is 0 Å². The molecule has 2 fully saturated rings. The standard InChI is InChI=1S/C12H18O3/c13-9-4-5-10-11(8-9)15-12(14-10)6-2-1-3-7-12/h4-5,9-11,13H,1-3,6-8H2/t9-,10+,11-/m1/s1. The van der Waals surface area contributed by atoms with E-state index in [4.69, 9.17) is 9.47 Å². The van der Waals surface area contributed by atoms with Crippen molar-refractivity contribution in [3.63, 3.8) is 0 Å². The van der Waals surface area contributed by atoms with Gasteiger partial charge >= 0.3 is 0 Å². The van der Waals surface area contributed by atoms with E-state index < -0.39 is 0 Å². The molecular weight excluding hydrogens is 192 g/mol. The number of aliphatic hydroxyl groups is 1. The Labute approximate surface area is 90.1 Å². The summed E-state index contributed by atoms with van der Waals surface area (Å²) in [6.07, 6.45) is 9.99. The van der Waals surface area contributed by atoms with Crippen molar-refractivity contribution in [1.82, 2.24) is 0 Å². The van der Waals surface area contributed by atoms with E-state index in [2.05, 4.69) is 0 Å². The second-order valence-electron chi connectivity index (χ2n) is 4.90. The van der Waals surface area contributed by atoms with Crippen molar-refractivity contribution < 1.29 is 14.6 Å². The summed E-state index contributed by atoms with van der Waals surface area (Å²) in [4.78, 5) is 0. The van der Waals surface area contributed by atoms with Crippen LogP contribution in [0.1, 0.15) is 38.5 Å². The van der Waals surface area contributed by atoms with Crippen LogP contribution in [0.4, 0.5) is 0 Å². The van der Waals surface area contributed by atoms with Crippen molar-refractivity contribution in [3.8, 4) is 0 Å². The van der Waals surface area contributed by atoms with Gasteiger partial charge in [-0.1, -0.05) is 18.6 Å². The number of ether oxygens (including phenoxy) is 2. The highest BCUT2D eigenvalue weighted by Gasteiger charge is 2.48. The van der Waals surface area contributed by atoms with E-state index in [0.29, 0.717) is 6.42 Å². The van der Waals surface area contributed by atoms with Crippen LogP contribution in [0.15, 0.2) is 12.2 Å². The molecule has 1 saturated heterocycles. The molecule has 1 heterocycles. The van der Waals surface area contributed by atoms with Crippen LogP contribution in [0.3, 0.4) is 0 Å². The van der Waals surface area contributed by atoms with Crippen molar-refractivity contribution in [3.05, 3.63) is 12.2 Å². The maximum atomic E-state index is 9.52. The van der Waals surface area contributed by atoms with Gasteiger partial charge in [0, 0.05) is 19.3 Å². The van der Waals surface area contributed by atoms with E-state index in [-0.39, 0.29) is 24.1 Å². The van der Waals surface area contributed by atoms with Gasteiger partial charge in [0.05, 0.1) is 12.2 Å². The van der Waals surface area contributed by atoms with Crippen LogP contribution >= 0.6 is 0 Å². The molecule has 84 valence electrons. The SMILES string of the molecule is O[C@@H]1C=C[C@@H]2OC3(CCCCC3)O[C@@H]2C1. The van der Waals surface area contributed by atoms with Crippen molar-refractivity contribution in [1.29, 1.82) is 0 Å². The Morgan fingerprint density at radius 3 is 2.67 bits per heavy atom. The third-order valence-electron chi connectivity index (χ3n) is 3.70. The van der Waals surface area contributed by atoms with Crippen LogP contribution in [0.25, 0.3) is 0 Å². The lowest BCUT2D eigenvalue weighted by atomic mass is 9.94. The van der Waals surface area contributed by atoms with E-state index in [1.54, 1.807) is 0 Å². The average Bonchev–Trinajstić information content (AvgIpc) is 2.56. The normalized spacial score (nSPS) is 43.1. The van der Waals surface area contributed by atoms with Gasteiger partial charge in [0.25, 0.3) is 0 Å².